The lowest BCUT2D eigenvalue weighted by molar-refractivity contribution is -0.132. The summed E-state index contributed by atoms with van der Waals surface area (Å²) in [6.07, 6.45) is 3.89. The van der Waals surface area contributed by atoms with Gasteiger partial charge in [-0.3, -0.25) is 4.99 Å². The summed E-state index contributed by atoms with van der Waals surface area (Å²) in [5.41, 5.74) is 1.51. The molecule has 0 unspecified atom stereocenters. The molecule has 1 aliphatic rings. The molecule has 0 radical (unpaired) electrons. The maximum Gasteiger partial charge on any atom is 0.356 e. The van der Waals surface area contributed by atoms with Gasteiger partial charge in [0.05, 0.1) is 7.11 Å². The van der Waals surface area contributed by atoms with Crippen molar-refractivity contribution in [3.05, 3.63) is 11.6 Å². The summed E-state index contributed by atoms with van der Waals surface area (Å²) in [4.78, 5) is 15.3. The van der Waals surface area contributed by atoms with Crippen LogP contribution in [0.15, 0.2) is 16.6 Å². The van der Waals surface area contributed by atoms with Crippen LogP contribution in [0.2, 0.25) is 0 Å². The first kappa shape index (κ1) is 8.97. The first-order chi connectivity index (χ1) is 5.79. The Morgan fingerprint density at radius 2 is 2.42 bits per heavy atom. The van der Waals surface area contributed by atoms with Crippen molar-refractivity contribution in [2.75, 3.05) is 13.7 Å². The Kier molecular flexibility index (Phi) is 3.02. The van der Waals surface area contributed by atoms with Crippen molar-refractivity contribution in [2.24, 2.45) is 4.99 Å². The van der Waals surface area contributed by atoms with Crippen molar-refractivity contribution in [3.63, 3.8) is 0 Å². The van der Waals surface area contributed by atoms with Crippen LogP contribution in [0.3, 0.4) is 0 Å². The van der Waals surface area contributed by atoms with E-state index in [4.69, 9.17) is 0 Å². The lowest BCUT2D eigenvalue weighted by Crippen LogP contribution is -2.21. The van der Waals surface area contributed by atoms with Gasteiger partial charge in [0.25, 0.3) is 0 Å². The fourth-order valence-corrected chi connectivity index (χ4v) is 1.25. The highest BCUT2D eigenvalue weighted by molar-refractivity contribution is 6.43. The molecule has 3 heteroatoms. The van der Waals surface area contributed by atoms with Crippen LogP contribution in [0.4, 0.5) is 0 Å². The summed E-state index contributed by atoms with van der Waals surface area (Å²) in [5, 5.41) is 0. The molecule has 1 aliphatic heterocycles. The Balaban J connectivity index is 2.85. The molecule has 0 saturated heterocycles. The molecule has 12 heavy (non-hydrogen) atoms. The minimum Gasteiger partial charge on any atom is -0.464 e. The van der Waals surface area contributed by atoms with Gasteiger partial charge in [-0.05, 0) is 25.3 Å². The standard InChI is InChI=1S/C9H13NO2/c1-3-7-5-4-6-10-8(7)9(11)12-2/h3H,4-6H2,1-2H3/b7-3+. The summed E-state index contributed by atoms with van der Waals surface area (Å²) in [6.45, 7) is 2.65. The SMILES string of the molecule is C/C=C1\CCCN=C1C(=O)OC. The average Bonchev–Trinajstić information content (AvgIpc) is 2.16. The number of carbonyl (C=O) groups is 1. The third-order valence-corrected chi connectivity index (χ3v) is 1.91. The number of hydrogen-bond donors (Lipinski definition) is 0. The van der Waals surface area contributed by atoms with Gasteiger partial charge in [0.1, 0.15) is 5.71 Å². The Labute approximate surface area is 72.1 Å². The van der Waals surface area contributed by atoms with Gasteiger partial charge in [0.15, 0.2) is 0 Å². The topological polar surface area (TPSA) is 38.7 Å². The number of esters is 1. The number of carbonyl (C=O) groups excluding carboxylic acids is 1. The fraction of sp³-hybridized carbons (Fsp3) is 0.556. The van der Waals surface area contributed by atoms with Crippen LogP contribution in [0.25, 0.3) is 0 Å². The molecule has 1 rings (SSSR count). The molecule has 0 aromatic rings. The normalized spacial score (nSPS) is 20.5. The molecule has 0 saturated carbocycles. The molecule has 0 amide bonds. The van der Waals surface area contributed by atoms with Gasteiger partial charge in [0, 0.05) is 6.54 Å². The van der Waals surface area contributed by atoms with Gasteiger partial charge < -0.3 is 4.74 Å². The molecular formula is C9H13NO2. The second-order valence-electron chi connectivity index (χ2n) is 2.64. The number of rotatable bonds is 1. The molecule has 0 N–H and O–H groups in total. The summed E-state index contributed by atoms with van der Waals surface area (Å²) in [5.74, 6) is -0.317. The first-order valence-electron chi connectivity index (χ1n) is 4.08. The van der Waals surface area contributed by atoms with E-state index in [0.29, 0.717) is 5.71 Å². The second-order valence-corrected chi connectivity index (χ2v) is 2.64. The Morgan fingerprint density at radius 3 is 3.00 bits per heavy atom. The first-order valence-corrected chi connectivity index (χ1v) is 4.08. The molecular weight excluding hydrogens is 154 g/mol. The van der Waals surface area contributed by atoms with Crippen LogP contribution in [-0.4, -0.2) is 25.3 Å². The van der Waals surface area contributed by atoms with E-state index in [-0.39, 0.29) is 5.97 Å². The van der Waals surface area contributed by atoms with Crippen molar-refractivity contribution in [1.82, 2.24) is 0 Å². The summed E-state index contributed by atoms with van der Waals surface area (Å²) in [6, 6.07) is 0. The Morgan fingerprint density at radius 1 is 1.67 bits per heavy atom. The van der Waals surface area contributed by atoms with Gasteiger partial charge in [-0.1, -0.05) is 6.08 Å². The van der Waals surface area contributed by atoms with Crippen LogP contribution in [0.5, 0.6) is 0 Å². The minimum absolute atomic E-state index is 0.317. The largest absolute Gasteiger partial charge is 0.464 e. The van der Waals surface area contributed by atoms with E-state index in [2.05, 4.69) is 9.73 Å². The van der Waals surface area contributed by atoms with E-state index in [1.807, 2.05) is 13.0 Å². The maximum atomic E-state index is 11.1. The summed E-state index contributed by atoms with van der Waals surface area (Å²) >= 11 is 0. The predicted octanol–water partition coefficient (Wildman–Crippen LogP) is 1.34. The molecule has 3 nitrogen and oxygen atoms in total. The van der Waals surface area contributed by atoms with Gasteiger partial charge in [-0.25, -0.2) is 4.79 Å². The molecule has 66 valence electrons. The lowest BCUT2D eigenvalue weighted by Gasteiger charge is -2.13. The van der Waals surface area contributed by atoms with Crippen LogP contribution < -0.4 is 0 Å². The zero-order valence-corrected chi connectivity index (χ0v) is 7.46. The van der Waals surface area contributed by atoms with Crippen molar-refractivity contribution in [1.29, 1.82) is 0 Å². The minimum atomic E-state index is -0.317. The quantitative estimate of drug-likeness (QED) is 0.553. The van der Waals surface area contributed by atoms with Crippen LogP contribution >= 0.6 is 0 Å². The Bertz CT molecular complexity index is 241. The average molecular weight is 167 g/mol. The molecule has 0 bridgehead atoms. The van der Waals surface area contributed by atoms with Crippen LogP contribution in [0, 0.1) is 0 Å². The Hall–Kier alpha value is -1.12. The molecule has 1 heterocycles. The van der Waals surface area contributed by atoms with Crippen molar-refractivity contribution < 1.29 is 9.53 Å². The number of aliphatic imine (C=N–C) groups is 1. The zero-order chi connectivity index (χ0) is 8.97. The zero-order valence-electron chi connectivity index (χ0n) is 7.46. The highest BCUT2D eigenvalue weighted by Gasteiger charge is 2.18. The molecule has 0 aliphatic carbocycles. The van der Waals surface area contributed by atoms with Gasteiger partial charge in [-0.15, -0.1) is 0 Å². The highest BCUT2D eigenvalue weighted by Crippen LogP contribution is 2.14. The van der Waals surface area contributed by atoms with Gasteiger partial charge >= 0.3 is 5.97 Å². The van der Waals surface area contributed by atoms with E-state index in [9.17, 15) is 4.79 Å². The van der Waals surface area contributed by atoms with E-state index in [1.165, 1.54) is 7.11 Å². The number of methoxy groups -OCH3 is 1. The molecule has 0 fully saturated rings. The second kappa shape index (κ2) is 4.04. The third-order valence-electron chi connectivity index (χ3n) is 1.91. The number of allylic oxidation sites excluding steroid dienone is 1. The van der Waals surface area contributed by atoms with Gasteiger partial charge in [-0.2, -0.15) is 0 Å². The fourth-order valence-electron chi connectivity index (χ4n) is 1.25. The van der Waals surface area contributed by atoms with Crippen molar-refractivity contribution >= 4 is 11.7 Å². The highest BCUT2D eigenvalue weighted by atomic mass is 16.5. The van der Waals surface area contributed by atoms with Crippen LogP contribution in [-0.2, 0) is 9.53 Å². The third kappa shape index (κ3) is 1.72. The van der Waals surface area contributed by atoms with Gasteiger partial charge in [0.2, 0.25) is 0 Å². The van der Waals surface area contributed by atoms with E-state index >= 15 is 0 Å². The molecule has 0 spiro atoms. The summed E-state index contributed by atoms with van der Waals surface area (Å²) in [7, 11) is 1.38. The van der Waals surface area contributed by atoms with E-state index < -0.39 is 0 Å². The smallest absolute Gasteiger partial charge is 0.356 e. The van der Waals surface area contributed by atoms with E-state index in [0.717, 1.165) is 25.0 Å². The molecule has 0 aromatic carbocycles. The number of ether oxygens (including phenoxy) is 1. The number of nitrogens with zero attached hydrogens (tertiary/aromatic N) is 1. The lowest BCUT2D eigenvalue weighted by atomic mass is 10.0. The monoisotopic (exact) mass is 167 g/mol. The van der Waals surface area contributed by atoms with Crippen molar-refractivity contribution in [2.45, 2.75) is 19.8 Å². The summed E-state index contributed by atoms with van der Waals surface area (Å²) < 4.78 is 4.61. The maximum absolute atomic E-state index is 11.1. The predicted molar refractivity (Wildman–Crippen MR) is 47.3 cm³/mol. The van der Waals surface area contributed by atoms with Crippen molar-refractivity contribution in [3.8, 4) is 0 Å². The number of hydrogen-bond acceptors (Lipinski definition) is 3. The molecule has 0 atom stereocenters. The van der Waals surface area contributed by atoms with E-state index in [1.54, 1.807) is 0 Å². The van der Waals surface area contributed by atoms with Crippen LogP contribution in [0.1, 0.15) is 19.8 Å². The molecule has 0 aromatic heterocycles.